The molecule has 0 saturated carbocycles. The smallest absolute Gasteiger partial charge is 0.130 e. The zero-order chi connectivity index (χ0) is 15.4. The molecule has 1 saturated heterocycles. The van der Waals surface area contributed by atoms with Crippen LogP contribution in [0.15, 0.2) is 48.5 Å². The van der Waals surface area contributed by atoms with Crippen molar-refractivity contribution < 1.29 is 9.13 Å². The van der Waals surface area contributed by atoms with Gasteiger partial charge in [-0.3, -0.25) is 0 Å². The second kappa shape index (κ2) is 6.88. The van der Waals surface area contributed by atoms with Crippen LogP contribution in [0.2, 0.25) is 0 Å². The van der Waals surface area contributed by atoms with Crippen LogP contribution in [0.3, 0.4) is 0 Å². The Kier molecular flexibility index (Phi) is 4.68. The summed E-state index contributed by atoms with van der Waals surface area (Å²) < 4.78 is 19.5. The molecule has 1 aliphatic heterocycles. The lowest BCUT2D eigenvalue weighted by molar-refractivity contribution is 0.299. The van der Waals surface area contributed by atoms with Crippen LogP contribution in [0.1, 0.15) is 24.0 Å². The van der Waals surface area contributed by atoms with E-state index in [-0.39, 0.29) is 12.4 Å². The maximum Gasteiger partial charge on any atom is 0.130 e. The van der Waals surface area contributed by atoms with E-state index in [1.165, 1.54) is 18.9 Å². The molecule has 114 valence electrons. The fraction of sp³-hybridized carbons (Fsp3) is 0.278. The molecule has 0 amide bonds. The molecule has 0 atom stereocenters. The molecule has 22 heavy (non-hydrogen) atoms. The van der Waals surface area contributed by atoms with Crippen molar-refractivity contribution in [2.75, 3.05) is 13.1 Å². The number of halogens is 1. The van der Waals surface area contributed by atoms with E-state index in [2.05, 4.69) is 4.90 Å². The summed E-state index contributed by atoms with van der Waals surface area (Å²) in [5, 5.41) is 0. The van der Waals surface area contributed by atoms with Crippen LogP contribution < -0.4 is 4.74 Å². The van der Waals surface area contributed by atoms with Crippen molar-refractivity contribution in [1.29, 1.82) is 0 Å². The molecule has 2 nitrogen and oxygen atoms in total. The molecule has 1 fully saturated rings. The summed E-state index contributed by atoms with van der Waals surface area (Å²) in [5.41, 5.74) is 1.46. The first-order valence-electron chi connectivity index (χ1n) is 7.50. The Morgan fingerprint density at radius 2 is 1.73 bits per heavy atom. The van der Waals surface area contributed by atoms with Gasteiger partial charge in [-0.1, -0.05) is 42.5 Å². The first-order valence-corrected chi connectivity index (χ1v) is 7.91. The molecule has 0 aliphatic carbocycles. The van der Waals surface area contributed by atoms with E-state index in [1.54, 1.807) is 12.1 Å². The van der Waals surface area contributed by atoms with Gasteiger partial charge in [0.25, 0.3) is 0 Å². The molecule has 0 spiro atoms. The summed E-state index contributed by atoms with van der Waals surface area (Å²) in [6, 6.07) is 14.4. The number of benzene rings is 2. The molecule has 3 rings (SSSR count). The molecule has 0 N–H and O–H groups in total. The van der Waals surface area contributed by atoms with Crippen LogP contribution in [-0.4, -0.2) is 23.0 Å². The molecular weight excluding hydrogens is 297 g/mol. The van der Waals surface area contributed by atoms with Gasteiger partial charge in [0.1, 0.15) is 23.2 Å². The highest BCUT2D eigenvalue weighted by molar-refractivity contribution is 7.80. The van der Waals surface area contributed by atoms with Crippen LogP contribution in [0.4, 0.5) is 4.39 Å². The number of rotatable bonds is 4. The number of thiocarbonyl (C=S) groups is 1. The third-order valence-electron chi connectivity index (χ3n) is 3.85. The highest BCUT2D eigenvalue weighted by Crippen LogP contribution is 2.24. The van der Waals surface area contributed by atoms with Crippen molar-refractivity contribution in [3.05, 3.63) is 65.5 Å². The van der Waals surface area contributed by atoms with E-state index in [0.717, 1.165) is 23.6 Å². The number of ether oxygens (including phenoxy) is 1. The lowest BCUT2D eigenvalue weighted by atomic mass is 10.2. The van der Waals surface area contributed by atoms with Crippen molar-refractivity contribution in [3.63, 3.8) is 0 Å². The topological polar surface area (TPSA) is 12.5 Å². The van der Waals surface area contributed by atoms with Crippen molar-refractivity contribution in [3.8, 4) is 5.75 Å². The van der Waals surface area contributed by atoms with E-state index in [9.17, 15) is 4.39 Å². The summed E-state index contributed by atoms with van der Waals surface area (Å²) in [5.74, 6) is 0.463. The van der Waals surface area contributed by atoms with Gasteiger partial charge in [0, 0.05) is 18.7 Å². The van der Waals surface area contributed by atoms with Crippen LogP contribution in [0.5, 0.6) is 5.75 Å². The molecule has 0 aromatic heterocycles. The molecule has 2 aromatic carbocycles. The van der Waals surface area contributed by atoms with Gasteiger partial charge in [0.05, 0.1) is 5.56 Å². The van der Waals surface area contributed by atoms with Gasteiger partial charge in [-0.25, -0.2) is 4.39 Å². The van der Waals surface area contributed by atoms with Gasteiger partial charge >= 0.3 is 0 Å². The number of hydrogen-bond acceptors (Lipinski definition) is 2. The Bertz CT molecular complexity index is 668. The van der Waals surface area contributed by atoms with Gasteiger partial charge < -0.3 is 9.64 Å². The Hall–Kier alpha value is -1.94. The van der Waals surface area contributed by atoms with Gasteiger partial charge in [0.15, 0.2) is 0 Å². The fourth-order valence-electron chi connectivity index (χ4n) is 2.63. The van der Waals surface area contributed by atoms with Crippen LogP contribution in [0.25, 0.3) is 0 Å². The fourth-order valence-corrected chi connectivity index (χ4v) is 2.98. The van der Waals surface area contributed by atoms with E-state index >= 15 is 0 Å². The van der Waals surface area contributed by atoms with Gasteiger partial charge in [-0.2, -0.15) is 0 Å². The molecule has 1 heterocycles. The second-order valence-corrected chi connectivity index (χ2v) is 5.76. The van der Waals surface area contributed by atoms with E-state index < -0.39 is 0 Å². The molecule has 0 bridgehead atoms. The third kappa shape index (κ3) is 3.28. The number of para-hydroxylation sites is 1. The summed E-state index contributed by atoms with van der Waals surface area (Å²) >= 11 is 5.60. The van der Waals surface area contributed by atoms with E-state index in [4.69, 9.17) is 17.0 Å². The van der Waals surface area contributed by atoms with Gasteiger partial charge in [-0.05, 0) is 31.0 Å². The lowest BCUT2D eigenvalue weighted by Crippen LogP contribution is -2.27. The lowest BCUT2D eigenvalue weighted by Gasteiger charge is -2.20. The quantitative estimate of drug-likeness (QED) is 0.786. The minimum Gasteiger partial charge on any atom is -0.488 e. The van der Waals surface area contributed by atoms with Gasteiger partial charge in [0.2, 0.25) is 0 Å². The Morgan fingerprint density at radius 3 is 2.50 bits per heavy atom. The molecule has 0 unspecified atom stereocenters. The van der Waals surface area contributed by atoms with Crippen molar-refractivity contribution >= 4 is 17.2 Å². The summed E-state index contributed by atoms with van der Waals surface area (Å²) in [4.78, 5) is 3.03. The Morgan fingerprint density at radius 1 is 1.05 bits per heavy atom. The summed E-state index contributed by atoms with van der Waals surface area (Å²) in [6.45, 7) is 2.20. The SMILES string of the molecule is Fc1ccccc1COc1ccccc1C(=S)N1CCCC1. The van der Waals surface area contributed by atoms with Gasteiger partial charge in [-0.15, -0.1) is 0 Å². The normalized spacial score (nSPS) is 14.1. The standard InChI is InChI=1S/C18H18FNOS/c19-16-9-3-1-7-14(16)13-21-17-10-4-2-8-15(17)18(22)20-11-5-6-12-20/h1-4,7-10H,5-6,11-13H2. The predicted molar refractivity (Wildman–Crippen MR) is 89.7 cm³/mol. The average molecular weight is 315 g/mol. The highest BCUT2D eigenvalue weighted by Gasteiger charge is 2.19. The van der Waals surface area contributed by atoms with Crippen LogP contribution >= 0.6 is 12.2 Å². The average Bonchev–Trinajstić information content (AvgIpc) is 3.08. The minimum atomic E-state index is -0.248. The number of hydrogen-bond donors (Lipinski definition) is 0. The minimum absolute atomic E-state index is 0.201. The maximum atomic E-state index is 13.7. The van der Waals surface area contributed by atoms with Crippen molar-refractivity contribution in [2.45, 2.75) is 19.4 Å². The van der Waals surface area contributed by atoms with Crippen LogP contribution in [0, 0.1) is 5.82 Å². The third-order valence-corrected chi connectivity index (χ3v) is 4.33. The number of nitrogens with zero attached hydrogens (tertiary/aromatic N) is 1. The molecular formula is C18H18FNOS. The summed E-state index contributed by atoms with van der Waals surface area (Å²) in [6.07, 6.45) is 2.36. The van der Waals surface area contributed by atoms with E-state index in [1.807, 2.05) is 30.3 Å². The predicted octanol–water partition coefficient (Wildman–Crippen LogP) is 4.18. The zero-order valence-electron chi connectivity index (χ0n) is 12.3. The Balaban J connectivity index is 1.76. The molecule has 1 aliphatic rings. The second-order valence-electron chi connectivity index (χ2n) is 5.38. The molecule has 0 radical (unpaired) electrons. The van der Waals surface area contributed by atoms with Crippen LogP contribution in [-0.2, 0) is 6.61 Å². The largest absolute Gasteiger partial charge is 0.488 e. The van der Waals surface area contributed by atoms with Crippen molar-refractivity contribution in [1.82, 2.24) is 4.90 Å². The Labute approximate surface area is 135 Å². The first kappa shape index (κ1) is 15.0. The highest BCUT2D eigenvalue weighted by atomic mass is 32.1. The van der Waals surface area contributed by atoms with Crippen molar-refractivity contribution in [2.24, 2.45) is 0 Å². The molecule has 2 aromatic rings. The molecule has 4 heteroatoms. The van der Waals surface area contributed by atoms with E-state index in [0.29, 0.717) is 11.3 Å². The summed E-state index contributed by atoms with van der Waals surface area (Å²) in [7, 11) is 0. The first-order chi connectivity index (χ1) is 10.8. The maximum absolute atomic E-state index is 13.7. The number of likely N-dealkylation sites (tertiary alicyclic amines) is 1. The monoisotopic (exact) mass is 315 g/mol. The zero-order valence-corrected chi connectivity index (χ0v) is 13.1.